The first-order valence-electron chi connectivity index (χ1n) is 7.33. The number of aryl methyl sites for hydroxylation is 1. The molecule has 0 bridgehead atoms. The molecule has 2 aromatic rings. The molecule has 1 atom stereocenters. The fourth-order valence-corrected chi connectivity index (χ4v) is 4.06. The Balaban J connectivity index is 1.82. The van der Waals surface area contributed by atoms with Crippen molar-refractivity contribution in [3.63, 3.8) is 0 Å². The number of carbonyl (C=O) groups is 1. The number of methoxy groups -OCH3 is 1. The van der Waals surface area contributed by atoms with Gasteiger partial charge in [-0.3, -0.25) is 4.79 Å². The first-order valence-corrected chi connectivity index (χ1v) is 8.52. The summed E-state index contributed by atoms with van der Waals surface area (Å²) in [4.78, 5) is 14.6. The quantitative estimate of drug-likeness (QED) is 0.876. The van der Waals surface area contributed by atoms with Crippen LogP contribution in [0.4, 0.5) is 5.69 Å². The fraction of sp³-hybridized carbons (Fsp3) is 0.353. The smallest absolute Gasteiger partial charge is 0.265 e. The van der Waals surface area contributed by atoms with E-state index in [1.807, 2.05) is 6.07 Å². The molecule has 0 saturated heterocycles. The van der Waals surface area contributed by atoms with Gasteiger partial charge in [-0.05, 0) is 55.0 Å². The summed E-state index contributed by atoms with van der Waals surface area (Å²) in [6.07, 6.45) is 3.35. The van der Waals surface area contributed by atoms with Crippen molar-refractivity contribution in [3.05, 3.63) is 44.6 Å². The van der Waals surface area contributed by atoms with Crippen LogP contribution in [0.1, 0.15) is 33.5 Å². The van der Waals surface area contributed by atoms with Crippen LogP contribution in [0.25, 0.3) is 0 Å². The molecule has 0 aliphatic heterocycles. The highest BCUT2D eigenvalue weighted by Gasteiger charge is 2.21. The number of hydrogen-bond donors (Lipinski definition) is 1. The summed E-state index contributed by atoms with van der Waals surface area (Å²) in [6.45, 7) is 2.26. The second-order valence-electron chi connectivity index (χ2n) is 5.71. The maximum atomic E-state index is 12.5. The average Bonchev–Trinajstić information content (AvgIpc) is 2.90. The highest BCUT2D eigenvalue weighted by molar-refractivity contribution is 7.14. The van der Waals surface area contributed by atoms with Crippen LogP contribution >= 0.6 is 22.9 Å². The molecule has 3 rings (SSSR count). The highest BCUT2D eigenvalue weighted by Crippen LogP contribution is 2.33. The molecule has 0 fully saturated rings. The summed E-state index contributed by atoms with van der Waals surface area (Å²) in [5.74, 6) is 1.20. The summed E-state index contributed by atoms with van der Waals surface area (Å²) in [7, 11) is 1.57. The number of carbonyl (C=O) groups excluding carboxylic acids is 1. The Hall–Kier alpha value is -1.52. The van der Waals surface area contributed by atoms with Gasteiger partial charge < -0.3 is 10.1 Å². The number of hydrogen-bond acceptors (Lipinski definition) is 3. The largest absolute Gasteiger partial charge is 0.495 e. The van der Waals surface area contributed by atoms with Crippen molar-refractivity contribution in [1.29, 1.82) is 0 Å². The van der Waals surface area contributed by atoms with Crippen molar-refractivity contribution in [2.75, 3.05) is 12.4 Å². The Labute approximate surface area is 139 Å². The Bertz CT molecular complexity index is 711. The molecule has 1 N–H and O–H groups in total. The number of halogens is 1. The molecule has 116 valence electrons. The van der Waals surface area contributed by atoms with E-state index in [0.29, 0.717) is 22.4 Å². The molecule has 1 aromatic carbocycles. The predicted molar refractivity (Wildman–Crippen MR) is 91.5 cm³/mol. The molecular weight excluding hydrogens is 318 g/mol. The molecule has 1 aliphatic carbocycles. The predicted octanol–water partition coefficient (Wildman–Crippen LogP) is 4.79. The zero-order chi connectivity index (χ0) is 15.7. The van der Waals surface area contributed by atoms with Crippen LogP contribution in [-0.4, -0.2) is 13.0 Å². The van der Waals surface area contributed by atoms with Gasteiger partial charge in [-0.1, -0.05) is 18.5 Å². The minimum absolute atomic E-state index is 0.104. The minimum atomic E-state index is -0.104. The molecular formula is C17H18ClNO2S. The lowest BCUT2D eigenvalue weighted by atomic mass is 9.90. The van der Waals surface area contributed by atoms with Gasteiger partial charge in [0.1, 0.15) is 5.75 Å². The number of nitrogens with one attached hydrogen (secondary N) is 1. The zero-order valence-electron chi connectivity index (χ0n) is 12.6. The third kappa shape index (κ3) is 3.13. The van der Waals surface area contributed by atoms with Crippen LogP contribution in [-0.2, 0) is 12.8 Å². The SMILES string of the molecule is COc1ccc(Cl)cc1NC(=O)c1cc2c(s1)CC[C@H](C)C2. The van der Waals surface area contributed by atoms with E-state index in [4.69, 9.17) is 16.3 Å². The molecule has 0 radical (unpaired) electrons. The number of thiophene rings is 1. The third-order valence-electron chi connectivity index (χ3n) is 3.96. The molecule has 1 amide bonds. The fourth-order valence-electron chi connectivity index (χ4n) is 2.78. The van der Waals surface area contributed by atoms with Crippen molar-refractivity contribution < 1.29 is 9.53 Å². The lowest BCUT2D eigenvalue weighted by molar-refractivity contribution is 0.103. The van der Waals surface area contributed by atoms with Crippen LogP contribution in [0.2, 0.25) is 5.02 Å². The van der Waals surface area contributed by atoms with Crippen LogP contribution in [0.5, 0.6) is 5.75 Å². The van der Waals surface area contributed by atoms with E-state index < -0.39 is 0 Å². The molecule has 22 heavy (non-hydrogen) atoms. The molecule has 0 spiro atoms. The van der Waals surface area contributed by atoms with Crippen molar-refractivity contribution in [2.24, 2.45) is 5.92 Å². The number of amides is 1. The Morgan fingerprint density at radius 2 is 2.23 bits per heavy atom. The van der Waals surface area contributed by atoms with Crippen molar-refractivity contribution in [3.8, 4) is 5.75 Å². The van der Waals surface area contributed by atoms with Gasteiger partial charge in [0.15, 0.2) is 0 Å². The van der Waals surface area contributed by atoms with Gasteiger partial charge in [0.05, 0.1) is 17.7 Å². The number of anilines is 1. The van der Waals surface area contributed by atoms with Gasteiger partial charge in [0.25, 0.3) is 5.91 Å². The lowest BCUT2D eigenvalue weighted by Gasteiger charge is -2.16. The minimum Gasteiger partial charge on any atom is -0.495 e. The molecule has 1 aliphatic rings. The summed E-state index contributed by atoms with van der Waals surface area (Å²) in [5.41, 5.74) is 1.92. The molecule has 3 nitrogen and oxygen atoms in total. The van der Waals surface area contributed by atoms with Gasteiger partial charge in [-0.25, -0.2) is 0 Å². The molecule has 0 saturated carbocycles. The van der Waals surface area contributed by atoms with Gasteiger partial charge in [0.2, 0.25) is 0 Å². The maximum absolute atomic E-state index is 12.5. The topological polar surface area (TPSA) is 38.3 Å². The normalized spacial score (nSPS) is 17.0. The second kappa shape index (κ2) is 6.31. The van der Waals surface area contributed by atoms with E-state index >= 15 is 0 Å². The molecule has 5 heteroatoms. The van der Waals surface area contributed by atoms with Crippen LogP contribution in [0.3, 0.4) is 0 Å². The second-order valence-corrected chi connectivity index (χ2v) is 7.28. The molecule has 1 heterocycles. The first-order chi connectivity index (χ1) is 10.6. The number of benzene rings is 1. The molecule has 1 aromatic heterocycles. The van der Waals surface area contributed by atoms with E-state index in [1.54, 1.807) is 36.6 Å². The Morgan fingerprint density at radius 3 is 3.00 bits per heavy atom. The van der Waals surface area contributed by atoms with Gasteiger partial charge >= 0.3 is 0 Å². The van der Waals surface area contributed by atoms with E-state index in [9.17, 15) is 4.79 Å². The first kappa shape index (κ1) is 15.4. The summed E-state index contributed by atoms with van der Waals surface area (Å²) >= 11 is 7.59. The van der Waals surface area contributed by atoms with Crippen molar-refractivity contribution >= 4 is 34.5 Å². The van der Waals surface area contributed by atoms with Crippen molar-refractivity contribution in [1.82, 2.24) is 0 Å². The van der Waals surface area contributed by atoms with Crippen molar-refractivity contribution in [2.45, 2.75) is 26.2 Å². The van der Waals surface area contributed by atoms with Gasteiger partial charge in [0, 0.05) is 9.90 Å². The summed E-state index contributed by atoms with van der Waals surface area (Å²) in [5, 5.41) is 3.47. The van der Waals surface area contributed by atoms with E-state index in [-0.39, 0.29) is 5.91 Å². The highest BCUT2D eigenvalue weighted by atomic mass is 35.5. The van der Waals surface area contributed by atoms with E-state index in [1.165, 1.54) is 16.9 Å². The third-order valence-corrected chi connectivity index (χ3v) is 5.43. The van der Waals surface area contributed by atoms with Gasteiger partial charge in [-0.2, -0.15) is 0 Å². The van der Waals surface area contributed by atoms with Crippen LogP contribution in [0, 0.1) is 5.92 Å². The van der Waals surface area contributed by atoms with Crippen LogP contribution in [0.15, 0.2) is 24.3 Å². The Morgan fingerprint density at radius 1 is 1.41 bits per heavy atom. The van der Waals surface area contributed by atoms with E-state index in [0.717, 1.165) is 17.7 Å². The van der Waals surface area contributed by atoms with Gasteiger partial charge in [-0.15, -0.1) is 11.3 Å². The number of ether oxygens (including phenoxy) is 1. The average molecular weight is 336 g/mol. The number of rotatable bonds is 3. The standard InChI is InChI=1S/C17H18ClNO2S/c1-10-3-6-15-11(7-10)8-16(22-15)17(20)19-13-9-12(18)4-5-14(13)21-2/h4-5,8-10H,3,6-7H2,1-2H3,(H,19,20)/t10-/m0/s1. The van der Waals surface area contributed by atoms with E-state index in [2.05, 4.69) is 12.2 Å². The summed E-state index contributed by atoms with van der Waals surface area (Å²) in [6, 6.07) is 7.22. The summed E-state index contributed by atoms with van der Waals surface area (Å²) < 4.78 is 5.26. The molecule has 0 unspecified atom stereocenters. The monoisotopic (exact) mass is 335 g/mol. The lowest BCUT2D eigenvalue weighted by Crippen LogP contribution is -2.11. The zero-order valence-corrected chi connectivity index (χ0v) is 14.2. The Kier molecular flexibility index (Phi) is 4.41. The number of fused-ring (bicyclic) bond motifs is 1. The maximum Gasteiger partial charge on any atom is 0.265 e. The van der Waals surface area contributed by atoms with Crippen LogP contribution < -0.4 is 10.1 Å².